The number of carbonyl (C=O) groups is 1. The molecule has 1 heterocycles. The van der Waals surface area contributed by atoms with Gasteiger partial charge in [-0.25, -0.2) is 0 Å². The molecule has 0 aromatic heterocycles. The average Bonchev–Trinajstić information content (AvgIpc) is 2.35. The number of hydrogen-bond acceptors (Lipinski definition) is 3. The largest absolute Gasteiger partial charge is 0.469 e. The Balaban J connectivity index is 1.90. The van der Waals surface area contributed by atoms with Crippen LogP contribution in [0.3, 0.4) is 0 Å². The van der Waals surface area contributed by atoms with Crippen LogP contribution in [0.15, 0.2) is 24.3 Å². The van der Waals surface area contributed by atoms with Gasteiger partial charge in [0, 0.05) is 18.7 Å². The van der Waals surface area contributed by atoms with Gasteiger partial charge in [-0.1, -0.05) is 18.2 Å². The summed E-state index contributed by atoms with van der Waals surface area (Å²) in [4.78, 5) is 11.1. The van der Waals surface area contributed by atoms with E-state index in [1.54, 1.807) is 0 Å². The highest BCUT2D eigenvalue weighted by Gasteiger charge is 2.18. The van der Waals surface area contributed by atoms with E-state index in [1.165, 1.54) is 18.4 Å². The molecule has 16 heavy (non-hydrogen) atoms. The highest BCUT2D eigenvalue weighted by molar-refractivity contribution is 5.69. The van der Waals surface area contributed by atoms with Gasteiger partial charge in [-0.2, -0.15) is 0 Å². The van der Waals surface area contributed by atoms with E-state index in [0.29, 0.717) is 12.3 Å². The third-order valence-electron chi connectivity index (χ3n) is 3.09. The number of nitrogens with one attached hydrogen (secondary N) is 1. The van der Waals surface area contributed by atoms with Crippen LogP contribution in [0.2, 0.25) is 0 Å². The topological polar surface area (TPSA) is 38.3 Å². The molecule has 3 heteroatoms. The molecule has 1 aliphatic rings. The van der Waals surface area contributed by atoms with Crippen molar-refractivity contribution in [1.29, 1.82) is 0 Å². The summed E-state index contributed by atoms with van der Waals surface area (Å²) in [6.07, 6.45) is 2.47. The molecule has 1 N–H and O–H groups in total. The summed E-state index contributed by atoms with van der Waals surface area (Å²) >= 11 is 0. The number of ether oxygens (including phenoxy) is 1. The summed E-state index contributed by atoms with van der Waals surface area (Å²) in [6.45, 7) is 0.952. The second kappa shape index (κ2) is 5.01. The second-order valence-corrected chi connectivity index (χ2v) is 4.22. The van der Waals surface area contributed by atoms with Crippen molar-refractivity contribution in [3.63, 3.8) is 0 Å². The summed E-state index contributed by atoms with van der Waals surface area (Å²) in [5, 5.41) is 3.40. The van der Waals surface area contributed by atoms with Crippen LogP contribution in [0.1, 0.15) is 18.4 Å². The van der Waals surface area contributed by atoms with Crippen LogP contribution in [0, 0.1) is 5.92 Å². The monoisotopic (exact) mass is 219 g/mol. The predicted octanol–water partition coefficient (Wildman–Crippen LogP) is 2.22. The van der Waals surface area contributed by atoms with Crippen LogP contribution in [-0.4, -0.2) is 19.6 Å². The quantitative estimate of drug-likeness (QED) is 0.792. The molecule has 1 aromatic carbocycles. The molecular formula is C13H17NO2. The Morgan fingerprint density at radius 3 is 3.12 bits per heavy atom. The first-order valence-electron chi connectivity index (χ1n) is 5.68. The van der Waals surface area contributed by atoms with Crippen molar-refractivity contribution in [2.24, 2.45) is 5.92 Å². The molecule has 1 aromatic rings. The lowest BCUT2D eigenvalue weighted by molar-refractivity contribution is -0.140. The van der Waals surface area contributed by atoms with Gasteiger partial charge in [-0.15, -0.1) is 0 Å². The van der Waals surface area contributed by atoms with E-state index in [-0.39, 0.29) is 5.97 Å². The molecule has 3 nitrogen and oxygen atoms in total. The molecule has 0 saturated carbocycles. The van der Waals surface area contributed by atoms with Crippen molar-refractivity contribution >= 4 is 11.7 Å². The van der Waals surface area contributed by atoms with Gasteiger partial charge in [-0.3, -0.25) is 4.79 Å². The first kappa shape index (κ1) is 11.0. The van der Waals surface area contributed by atoms with E-state index in [2.05, 4.69) is 28.3 Å². The van der Waals surface area contributed by atoms with E-state index in [9.17, 15) is 4.79 Å². The molecule has 0 bridgehead atoms. The Morgan fingerprint density at radius 1 is 1.50 bits per heavy atom. The maximum atomic E-state index is 11.1. The molecule has 1 unspecified atom stereocenters. The zero-order valence-electron chi connectivity index (χ0n) is 9.53. The Bertz CT molecular complexity index is 376. The molecule has 0 aliphatic carbocycles. The summed E-state index contributed by atoms with van der Waals surface area (Å²) in [7, 11) is 1.44. The fraction of sp³-hybridized carbons (Fsp3) is 0.462. The molecule has 2 rings (SSSR count). The molecule has 0 fully saturated rings. The normalized spacial score (nSPS) is 18.4. The van der Waals surface area contributed by atoms with E-state index < -0.39 is 0 Å². The lowest BCUT2D eigenvalue weighted by Gasteiger charge is -2.25. The van der Waals surface area contributed by atoms with E-state index >= 15 is 0 Å². The summed E-state index contributed by atoms with van der Waals surface area (Å²) in [6, 6.07) is 8.35. The van der Waals surface area contributed by atoms with Crippen molar-refractivity contribution in [3.8, 4) is 0 Å². The molecule has 0 radical (unpaired) electrons. The van der Waals surface area contributed by atoms with Crippen molar-refractivity contribution in [2.45, 2.75) is 19.3 Å². The van der Waals surface area contributed by atoms with Crippen LogP contribution >= 0.6 is 0 Å². The summed E-state index contributed by atoms with van der Waals surface area (Å²) < 4.78 is 4.65. The second-order valence-electron chi connectivity index (χ2n) is 4.22. The number of methoxy groups -OCH3 is 1. The predicted molar refractivity (Wildman–Crippen MR) is 63.4 cm³/mol. The van der Waals surface area contributed by atoms with Crippen molar-refractivity contribution in [2.75, 3.05) is 19.0 Å². The average molecular weight is 219 g/mol. The maximum absolute atomic E-state index is 11.1. The van der Waals surface area contributed by atoms with Gasteiger partial charge in [0.15, 0.2) is 0 Å². The molecule has 1 aliphatic heterocycles. The molecule has 86 valence electrons. The lowest BCUT2D eigenvalue weighted by Crippen LogP contribution is -2.23. The van der Waals surface area contributed by atoms with Crippen LogP contribution in [0.5, 0.6) is 0 Å². The van der Waals surface area contributed by atoms with Gasteiger partial charge in [0.05, 0.1) is 7.11 Å². The Labute approximate surface area is 95.8 Å². The van der Waals surface area contributed by atoms with Crippen LogP contribution in [0.25, 0.3) is 0 Å². The van der Waals surface area contributed by atoms with Gasteiger partial charge in [0.1, 0.15) is 0 Å². The van der Waals surface area contributed by atoms with Crippen LogP contribution in [-0.2, 0) is 16.0 Å². The first-order valence-corrected chi connectivity index (χ1v) is 5.68. The zero-order valence-corrected chi connectivity index (χ0v) is 9.53. The highest BCUT2D eigenvalue weighted by Crippen LogP contribution is 2.26. The van der Waals surface area contributed by atoms with Crippen molar-refractivity contribution < 1.29 is 9.53 Å². The Hall–Kier alpha value is -1.51. The first-order chi connectivity index (χ1) is 7.79. The number of para-hydroxylation sites is 1. The van der Waals surface area contributed by atoms with E-state index in [0.717, 1.165) is 19.4 Å². The Morgan fingerprint density at radius 2 is 2.31 bits per heavy atom. The summed E-state index contributed by atoms with van der Waals surface area (Å²) in [5.74, 6) is 0.424. The fourth-order valence-electron chi connectivity index (χ4n) is 2.14. The maximum Gasteiger partial charge on any atom is 0.305 e. The van der Waals surface area contributed by atoms with Crippen LogP contribution < -0.4 is 5.32 Å². The lowest BCUT2D eigenvalue weighted by atomic mass is 9.90. The number of benzene rings is 1. The SMILES string of the molecule is COC(=O)CCC1CNc2ccccc2C1. The Kier molecular flexibility index (Phi) is 3.44. The zero-order chi connectivity index (χ0) is 11.4. The van der Waals surface area contributed by atoms with Gasteiger partial charge < -0.3 is 10.1 Å². The van der Waals surface area contributed by atoms with E-state index in [4.69, 9.17) is 0 Å². The van der Waals surface area contributed by atoms with Crippen LogP contribution in [0.4, 0.5) is 5.69 Å². The molecule has 0 saturated heterocycles. The minimum atomic E-state index is -0.112. The van der Waals surface area contributed by atoms with Gasteiger partial charge in [0.25, 0.3) is 0 Å². The molecular weight excluding hydrogens is 202 g/mol. The molecule has 1 atom stereocenters. The number of carbonyl (C=O) groups excluding carboxylic acids is 1. The fourth-order valence-corrected chi connectivity index (χ4v) is 2.14. The van der Waals surface area contributed by atoms with E-state index in [1.807, 2.05) is 6.07 Å². The standard InChI is InChI=1S/C13H17NO2/c1-16-13(15)7-6-10-8-11-4-2-3-5-12(11)14-9-10/h2-5,10,14H,6-9H2,1H3. The number of hydrogen-bond donors (Lipinski definition) is 1. The minimum Gasteiger partial charge on any atom is -0.469 e. The number of fused-ring (bicyclic) bond motifs is 1. The highest BCUT2D eigenvalue weighted by atomic mass is 16.5. The molecule has 0 spiro atoms. The number of rotatable bonds is 3. The van der Waals surface area contributed by atoms with Crippen molar-refractivity contribution in [3.05, 3.63) is 29.8 Å². The third-order valence-corrected chi connectivity index (χ3v) is 3.09. The van der Waals surface area contributed by atoms with Gasteiger partial charge >= 0.3 is 5.97 Å². The smallest absolute Gasteiger partial charge is 0.305 e. The third kappa shape index (κ3) is 2.54. The van der Waals surface area contributed by atoms with Gasteiger partial charge in [-0.05, 0) is 30.4 Å². The number of anilines is 1. The molecule has 0 amide bonds. The summed E-state index contributed by atoms with van der Waals surface area (Å²) in [5.41, 5.74) is 2.58. The number of esters is 1. The minimum absolute atomic E-state index is 0.112. The van der Waals surface area contributed by atoms with Gasteiger partial charge in [0.2, 0.25) is 0 Å². The van der Waals surface area contributed by atoms with Crippen molar-refractivity contribution in [1.82, 2.24) is 0 Å².